The molecule has 0 amide bonds. The fraction of sp³-hybridized carbons (Fsp3) is 0.300. The SMILES string of the molecule is O=[N+]([O-])c1ccccc1C=N[C@H]1CCCC[C@H]1N=Cc1ccccc1[N+](=O)[O-]. The number of aliphatic imine (C=N–C) groups is 2. The van der Waals surface area contributed by atoms with E-state index in [1.807, 2.05) is 0 Å². The molecule has 2 aromatic rings. The van der Waals surface area contributed by atoms with Crippen LogP contribution >= 0.6 is 0 Å². The van der Waals surface area contributed by atoms with Gasteiger partial charge in [0.25, 0.3) is 11.4 Å². The molecule has 1 aliphatic rings. The van der Waals surface area contributed by atoms with Crippen molar-refractivity contribution in [3.63, 3.8) is 0 Å². The Morgan fingerprint density at radius 2 is 1.14 bits per heavy atom. The van der Waals surface area contributed by atoms with Gasteiger partial charge in [-0.2, -0.15) is 0 Å². The Morgan fingerprint density at radius 3 is 1.54 bits per heavy atom. The van der Waals surface area contributed by atoms with Crippen molar-refractivity contribution in [2.45, 2.75) is 37.8 Å². The van der Waals surface area contributed by atoms with Gasteiger partial charge in [0.05, 0.1) is 33.1 Å². The second-order valence-electron chi connectivity index (χ2n) is 6.61. The molecule has 8 heteroatoms. The van der Waals surface area contributed by atoms with E-state index in [1.165, 1.54) is 12.1 Å². The van der Waals surface area contributed by atoms with Crippen molar-refractivity contribution in [1.82, 2.24) is 0 Å². The van der Waals surface area contributed by atoms with Crippen LogP contribution in [0, 0.1) is 20.2 Å². The maximum atomic E-state index is 11.1. The lowest BCUT2D eigenvalue weighted by Gasteiger charge is -2.25. The van der Waals surface area contributed by atoms with Gasteiger partial charge in [-0.05, 0) is 25.0 Å². The maximum Gasteiger partial charge on any atom is 0.278 e. The number of nitrogens with zero attached hydrogens (tertiary/aromatic N) is 4. The highest BCUT2D eigenvalue weighted by molar-refractivity contribution is 5.86. The Bertz CT molecular complexity index is 850. The number of hydrogen-bond acceptors (Lipinski definition) is 6. The maximum absolute atomic E-state index is 11.1. The van der Waals surface area contributed by atoms with Crippen molar-refractivity contribution in [3.05, 3.63) is 79.9 Å². The zero-order valence-corrected chi connectivity index (χ0v) is 15.2. The van der Waals surface area contributed by atoms with E-state index in [9.17, 15) is 20.2 Å². The van der Waals surface area contributed by atoms with Crippen molar-refractivity contribution in [2.24, 2.45) is 9.98 Å². The van der Waals surface area contributed by atoms with E-state index >= 15 is 0 Å². The van der Waals surface area contributed by atoms with Gasteiger partial charge in [-0.15, -0.1) is 0 Å². The first-order chi connectivity index (χ1) is 13.6. The second-order valence-corrected chi connectivity index (χ2v) is 6.61. The molecule has 1 fully saturated rings. The van der Waals surface area contributed by atoms with E-state index in [0.717, 1.165) is 25.7 Å². The molecular formula is C20H20N4O4. The lowest BCUT2D eigenvalue weighted by molar-refractivity contribution is -0.385. The summed E-state index contributed by atoms with van der Waals surface area (Å²) < 4.78 is 0. The molecule has 0 aromatic heterocycles. The molecule has 0 bridgehead atoms. The molecule has 1 aliphatic carbocycles. The number of benzene rings is 2. The molecule has 3 rings (SSSR count). The lowest BCUT2D eigenvalue weighted by atomic mass is 9.91. The van der Waals surface area contributed by atoms with Crippen LogP contribution in [0.2, 0.25) is 0 Å². The first kappa shape index (κ1) is 19.3. The summed E-state index contributed by atoms with van der Waals surface area (Å²) in [4.78, 5) is 30.6. The predicted octanol–water partition coefficient (Wildman–Crippen LogP) is 4.35. The van der Waals surface area contributed by atoms with Crippen LogP contribution in [0.1, 0.15) is 36.8 Å². The first-order valence-corrected chi connectivity index (χ1v) is 9.09. The minimum atomic E-state index is -0.424. The summed E-state index contributed by atoms with van der Waals surface area (Å²) >= 11 is 0. The number of para-hydroxylation sites is 2. The molecule has 0 heterocycles. The number of nitro benzene ring substituents is 2. The third-order valence-corrected chi connectivity index (χ3v) is 4.77. The first-order valence-electron chi connectivity index (χ1n) is 9.09. The van der Waals surface area contributed by atoms with Gasteiger partial charge in [0.2, 0.25) is 0 Å². The molecule has 28 heavy (non-hydrogen) atoms. The van der Waals surface area contributed by atoms with Crippen molar-refractivity contribution in [3.8, 4) is 0 Å². The van der Waals surface area contributed by atoms with Crippen LogP contribution in [0.5, 0.6) is 0 Å². The molecule has 144 valence electrons. The molecule has 0 unspecified atom stereocenters. The zero-order valence-electron chi connectivity index (χ0n) is 15.2. The zero-order chi connectivity index (χ0) is 19.9. The summed E-state index contributed by atoms with van der Waals surface area (Å²) in [7, 11) is 0. The lowest BCUT2D eigenvalue weighted by Crippen LogP contribution is -2.27. The third kappa shape index (κ3) is 4.64. The molecule has 0 aliphatic heterocycles. The van der Waals surface area contributed by atoms with Crippen LogP contribution < -0.4 is 0 Å². The number of hydrogen-bond donors (Lipinski definition) is 0. The number of nitro groups is 2. The van der Waals surface area contributed by atoms with Gasteiger partial charge in [0.1, 0.15) is 0 Å². The number of rotatable bonds is 6. The van der Waals surface area contributed by atoms with Gasteiger partial charge in [-0.25, -0.2) is 0 Å². The standard InChI is InChI=1S/C20H20N4O4/c25-23(26)19-11-5-1-7-15(19)13-21-17-9-3-4-10-18(17)22-14-16-8-2-6-12-20(16)24(27)28/h1-2,5-8,11-14,17-18H,3-4,9-10H2/t17-,18+. The fourth-order valence-corrected chi connectivity index (χ4v) is 3.32. The van der Waals surface area contributed by atoms with Crippen LogP contribution in [0.3, 0.4) is 0 Å². The largest absolute Gasteiger partial charge is 0.287 e. The van der Waals surface area contributed by atoms with Gasteiger partial charge < -0.3 is 0 Å². The molecule has 2 atom stereocenters. The Kier molecular flexibility index (Phi) is 6.21. The van der Waals surface area contributed by atoms with E-state index in [-0.39, 0.29) is 23.5 Å². The average molecular weight is 380 g/mol. The quantitative estimate of drug-likeness (QED) is 0.421. The summed E-state index contributed by atoms with van der Waals surface area (Å²) in [6, 6.07) is 12.7. The van der Waals surface area contributed by atoms with E-state index in [2.05, 4.69) is 9.98 Å². The van der Waals surface area contributed by atoms with Crippen LogP contribution in [0.15, 0.2) is 58.5 Å². The van der Waals surface area contributed by atoms with Crippen molar-refractivity contribution in [2.75, 3.05) is 0 Å². The normalized spacial score (nSPS) is 19.9. The summed E-state index contributed by atoms with van der Waals surface area (Å²) in [5.74, 6) is 0. The Labute approximate surface area is 161 Å². The highest BCUT2D eigenvalue weighted by Gasteiger charge is 2.24. The van der Waals surface area contributed by atoms with Crippen LogP contribution in [-0.2, 0) is 0 Å². The Balaban J connectivity index is 1.80. The van der Waals surface area contributed by atoms with Gasteiger partial charge in [-0.1, -0.05) is 37.1 Å². The van der Waals surface area contributed by atoms with E-state index < -0.39 is 9.85 Å². The highest BCUT2D eigenvalue weighted by atomic mass is 16.6. The molecule has 0 saturated heterocycles. The van der Waals surface area contributed by atoms with Crippen LogP contribution in [0.25, 0.3) is 0 Å². The van der Waals surface area contributed by atoms with Gasteiger partial charge in [0.15, 0.2) is 0 Å². The molecule has 0 spiro atoms. The summed E-state index contributed by atoms with van der Waals surface area (Å²) in [6.45, 7) is 0. The third-order valence-electron chi connectivity index (χ3n) is 4.77. The van der Waals surface area contributed by atoms with Crippen molar-refractivity contribution in [1.29, 1.82) is 0 Å². The van der Waals surface area contributed by atoms with Crippen LogP contribution in [0.4, 0.5) is 11.4 Å². The average Bonchev–Trinajstić information content (AvgIpc) is 2.71. The summed E-state index contributed by atoms with van der Waals surface area (Å²) in [5.41, 5.74) is 0.947. The minimum absolute atomic E-state index is 0.0158. The highest BCUT2D eigenvalue weighted by Crippen LogP contribution is 2.25. The monoisotopic (exact) mass is 380 g/mol. The molecule has 0 radical (unpaired) electrons. The predicted molar refractivity (Wildman–Crippen MR) is 107 cm³/mol. The van der Waals surface area contributed by atoms with Crippen molar-refractivity contribution < 1.29 is 9.85 Å². The topological polar surface area (TPSA) is 111 Å². The fourth-order valence-electron chi connectivity index (χ4n) is 3.32. The summed E-state index contributed by atoms with van der Waals surface area (Å²) in [6.07, 6.45) is 6.77. The minimum Gasteiger partial charge on any atom is -0.287 e. The van der Waals surface area contributed by atoms with E-state index in [1.54, 1.807) is 48.8 Å². The van der Waals surface area contributed by atoms with E-state index in [0.29, 0.717) is 11.1 Å². The Hall–Kier alpha value is -3.42. The molecular weight excluding hydrogens is 360 g/mol. The molecule has 8 nitrogen and oxygen atoms in total. The smallest absolute Gasteiger partial charge is 0.278 e. The molecule has 0 N–H and O–H groups in total. The molecule has 1 saturated carbocycles. The Morgan fingerprint density at radius 1 is 0.750 bits per heavy atom. The second kappa shape index (κ2) is 8.98. The van der Waals surface area contributed by atoms with Crippen LogP contribution in [-0.4, -0.2) is 34.4 Å². The summed E-state index contributed by atoms with van der Waals surface area (Å²) in [5, 5.41) is 22.3. The van der Waals surface area contributed by atoms with Gasteiger partial charge in [0, 0.05) is 24.6 Å². The van der Waals surface area contributed by atoms with E-state index in [4.69, 9.17) is 0 Å². The molecule has 2 aromatic carbocycles. The van der Waals surface area contributed by atoms with Gasteiger partial charge >= 0.3 is 0 Å². The van der Waals surface area contributed by atoms with Gasteiger partial charge in [-0.3, -0.25) is 30.2 Å². The van der Waals surface area contributed by atoms with Crippen molar-refractivity contribution >= 4 is 23.8 Å².